The van der Waals surface area contributed by atoms with Gasteiger partial charge in [-0.05, 0) is 31.0 Å². The summed E-state index contributed by atoms with van der Waals surface area (Å²) in [7, 11) is 1.96. The molecule has 1 heterocycles. The summed E-state index contributed by atoms with van der Waals surface area (Å²) >= 11 is 0. The molecule has 0 aliphatic rings. The summed E-state index contributed by atoms with van der Waals surface area (Å²) in [5.41, 5.74) is 1.32. The van der Waals surface area contributed by atoms with Crippen LogP contribution in [0.2, 0.25) is 0 Å². The third-order valence-electron chi connectivity index (χ3n) is 2.53. The monoisotopic (exact) mass is 224 g/mol. The predicted molar refractivity (Wildman–Crippen MR) is 67.5 cm³/mol. The van der Waals surface area contributed by atoms with E-state index in [1.54, 1.807) is 0 Å². The van der Waals surface area contributed by atoms with Gasteiger partial charge in [-0.25, -0.2) is 0 Å². The topological polar surface area (TPSA) is 26.2 Å². The molecule has 0 spiro atoms. The molecule has 1 aromatic heterocycles. The van der Waals surface area contributed by atoms with Crippen molar-refractivity contribution in [2.75, 3.05) is 20.3 Å². The van der Waals surface area contributed by atoms with E-state index in [2.05, 4.69) is 42.2 Å². The van der Waals surface area contributed by atoms with Gasteiger partial charge in [0.25, 0.3) is 0 Å². The van der Waals surface area contributed by atoms with Crippen LogP contribution in [0, 0.1) is 5.92 Å². The highest BCUT2D eigenvalue weighted by Crippen LogP contribution is 2.02. The molecule has 92 valence electrons. The molecule has 0 aromatic carbocycles. The second-order valence-corrected chi connectivity index (χ2v) is 4.58. The summed E-state index contributed by atoms with van der Waals surface area (Å²) in [5, 5.41) is 3.14. The van der Waals surface area contributed by atoms with Crippen LogP contribution in [0.25, 0.3) is 0 Å². The minimum absolute atomic E-state index is 0.730. The Morgan fingerprint density at radius 3 is 2.88 bits per heavy atom. The second kappa shape index (κ2) is 7.47. The molecule has 3 heteroatoms. The van der Waals surface area contributed by atoms with Crippen molar-refractivity contribution in [2.45, 2.75) is 33.4 Å². The fourth-order valence-corrected chi connectivity index (χ4v) is 1.53. The van der Waals surface area contributed by atoms with Gasteiger partial charge in [0.15, 0.2) is 0 Å². The van der Waals surface area contributed by atoms with Crippen molar-refractivity contribution in [1.82, 2.24) is 9.88 Å². The lowest BCUT2D eigenvalue weighted by Gasteiger charge is -2.07. The third-order valence-corrected chi connectivity index (χ3v) is 2.53. The first-order chi connectivity index (χ1) is 7.72. The van der Waals surface area contributed by atoms with E-state index < -0.39 is 0 Å². The Bertz CT molecular complexity index is 281. The molecule has 0 saturated heterocycles. The van der Waals surface area contributed by atoms with Gasteiger partial charge in [-0.15, -0.1) is 0 Å². The van der Waals surface area contributed by atoms with E-state index in [-0.39, 0.29) is 0 Å². The minimum Gasteiger partial charge on any atom is -0.380 e. The molecular formula is C13H24N2O. The molecule has 1 N–H and O–H groups in total. The fourth-order valence-electron chi connectivity index (χ4n) is 1.53. The molecule has 3 nitrogen and oxygen atoms in total. The van der Waals surface area contributed by atoms with Crippen LogP contribution in [0.3, 0.4) is 0 Å². The van der Waals surface area contributed by atoms with Gasteiger partial charge in [0, 0.05) is 32.1 Å². The Kier molecular flexibility index (Phi) is 6.19. The molecule has 0 fully saturated rings. The molecule has 1 rings (SSSR count). The number of hydrogen-bond acceptors (Lipinski definition) is 2. The second-order valence-electron chi connectivity index (χ2n) is 4.58. The zero-order valence-electron chi connectivity index (χ0n) is 10.7. The first-order valence-electron chi connectivity index (χ1n) is 6.09. The van der Waals surface area contributed by atoms with E-state index in [1.807, 2.05) is 7.05 Å². The van der Waals surface area contributed by atoms with Crippen LogP contribution in [0.4, 0.5) is 0 Å². The van der Waals surface area contributed by atoms with Gasteiger partial charge in [0.05, 0.1) is 6.61 Å². The van der Waals surface area contributed by atoms with Crippen molar-refractivity contribution in [3.63, 3.8) is 0 Å². The Morgan fingerprint density at radius 1 is 1.38 bits per heavy atom. The van der Waals surface area contributed by atoms with E-state index >= 15 is 0 Å². The molecule has 0 bridgehead atoms. The highest BCUT2D eigenvalue weighted by atomic mass is 16.5. The minimum atomic E-state index is 0.730. The van der Waals surface area contributed by atoms with Crippen molar-refractivity contribution in [1.29, 1.82) is 0 Å². The summed E-state index contributed by atoms with van der Waals surface area (Å²) in [6.07, 6.45) is 5.43. The molecule has 16 heavy (non-hydrogen) atoms. The van der Waals surface area contributed by atoms with Crippen molar-refractivity contribution in [3.05, 3.63) is 24.0 Å². The maximum absolute atomic E-state index is 5.58. The molecule has 0 aliphatic heterocycles. The molecule has 0 saturated carbocycles. The SMILES string of the molecule is CNCc1ccn(CCOCCC(C)C)c1. The molecule has 0 aliphatic carbocycles. The van der Waals surface area contributed by atoms with E-state index in [0.29, 0.717) is 0 Å². The van der Waals surface area contributed by atoms with Crippen LogP contribution in [-0.4, -0.2) is 24.8 Å². The standard InChI is InChI=1S/C13H24N2O/c1-12(2)5-8-16-9-7-15-6-4-13(11-15)10-14-3/h4,6,11-12,14H,5,7-10H2,1-3H3. The van der Waals surface area contributed by atoms with Crippen molar-refractivity contribution in [2.24, 2.45) is 5.92 Å². The van der Waals surface area contributed by atoms with Gasteiger partial charge in [-0.2, -0.15) is 0 Å². The van der Waals surface area contributed by atoms with Crippen LogP contribution in [0.1, 0.15) is 25.8 Å². The van der Waals surface area contributed by atoms with Gasteiger partial charge in [0.2, 0.25) is 0 Å². The van der Waals surface area contributed by atoms with Crippen LogP contribution >= 0.6 is 0 Å². The molecule has 0 unspecified atom stereocenters. The zero-order valence-corrected chi connectivity index (χ0v) is 10.7. The van der Waals surface area contributed by atoms with E-state index in [1.165, 1.54) is 5.56 Å². The quantitative estimate of drug-likeness (QED) is 0.686. The lowest BCUT2D eigenvalue weighted by Crippen LogP contribution is -2.07. The number of ether oxygens (including phenoxy) is 1. The maximum Gasteiger partial charge on any atom is 0.0645 e. The van der Waals surface area contributed by atoms with Gasteiger partial charge >= 0.3 is 0 Å². The smallest absolute Gasteiger partial charge is 0.0645 e. The first-order valence-corrected chi connectivity index (χ1v) is 6.09. The predicted octanol–water partition coefficient (Wildman–Crippen LogP) is 2.27. The number of rotatable bonds is 8. The molecular weight excluding hydrogens is 200 g/mol. The van der Waals surface area contributed by atoms with Crippen molar-refractivity contribution < 1.29 is 4.74 Å². The van der Waals surface area contributed by atoms with E-state index in [0.717, 1.165) is 38.6 Å². The molecule has 0 radical (unpaired) electrons. The average Bonchev–Trinajstić information content (AvgIpc) is 2.65. The lowest BCUT2D eigenvalue weighted by atomic mass is 10.1. The average molecular weight is 224 g/mol. The molecule has 1 aromatic rings. The zero-order chi connectivity index (χ0) is 11.8. The number of nitrogens with zero attached hydrogens (tertiary/aromatic N) is 1. The Hall–Kier alpha value is -0.800. The largest absolute Gasteiger partial charge is 0.380 e. The first kappa shape index (κ1) is 13.3. The summed E-state index contributed by atoms with van der Waals surface area (Å²) in [6.45, 7) is 8.00. The van der Waals surface area contributed by atoms with Gasteiger partial charge < -0.3 is 14.6 Å². The number of aromatic nitrogens is 1. The lowest BCUT2D eigenvalue weighted by molar-refractivity contribution is 0.116. The number of hydrogen-bond donors (Lipinski definition) is 1. The summed E-state index contributed by atoms with van der Waals surface area (Å²) in [4.78, 5) is 0. The van der Waals surface area contributed by atoms with Crippen LogP contribution in [0.5, 0.6) is 0 Å². The van der Waals surface area contributed by atoms with E-state index in [9.17, 15) is 0 Å². The van der Waals surface area contributed by atoms with Gasteiger partial charge in [0.1, 0.15) is 0 Å². The molecule has 0 atom stereocenters. The number of nitrogens with one attached hydrogen (secondary N) is 1. The Morgan fingerprint density at radius 2 is 2.19 bits per heavy atom. The van der Waals surface area contributed by atoms with Crippen molar-refractivity contribution in [3.8, 4) is 0 Å². The Balaban J connectivity index is 2.12. The normalized spacial score (nSPS) is 11.2. The summed E-state index contributed by atoms with van der Waals surface area (Å²) in [5.74, 6) is 0.730. The Labute approximate surface area is 98.8 Å². The third kappa shape index (κ3) is 5.33. The highest BCUT2D eigenvalue weighted by Gasteiger charge is 1.97. The van der Waals surface area contributed by atoms with Crippen LogP contribution < -0.4 is 5.32 Å². The van der Waals surface area contributed by atoms with Crippen LogP contribution in [0.15, 0.2) is 18.5 Å². The summed E-state index contributed by atoms with van der Waals surface area (Å²) < 4.78 is 7.76. The highest BCUT2D eigenvalue weighted by molar-refractivity contribution is 5.09. The van der Waals surface area contributed by atoms with E-state index in [4.69, 9.17) is 4.74 Å². The fraction of sp³-hybridized carbons (Fsp3) is 0.692. The maximum atomic E-state index is 5.58. The summed E-state index contributed by atoms with van der Waals surface area (Å²) in [6, 6.07) is 2.14. The molecule has 0 amide bonds. The van der Waals surface area contributed by atoms with Gasteiger partial charge in [-0.1, -0.05) is 13.8 Å². The van der Waals surface area contributed by atoms with Gasteiger partial charge in [-0.3, -0.25) is 0 Å². The van der Waals surface area contributed by atoms with Crippen LogP contribution in [-0.2, 0) is 17.8 Å². The van der Waals surface area contributed by atoms with Crippen molar-refractivity contribution >= 4 is 0 Å².